The maximum atomic E-state index is 13.3. The number of carbonyl (C=O) groups excluding carboxylic acids is 1. The topological polar surface area (TPSA) is 59.2 Å². The van der Waals surface area contributed by atoms with E-state index in [1.54, 1.807) is 10.7 Å². The Balaban J connectivity index is 1.64. The fourth-order valence-electron chi connectivity index (χ4n) is 4.58. The molecule has 4 heterocycles. The average Bonchev–Trinajstić information content (AvgIpc) is 3.46. The van der Waals surface area contributed by atoms with Crippen LogP contribution in [0.25, 0.3) is 11.1 Å². The van der Waals surface area contributed by atoms with Crippen LogP contribution >= 0.6 is 0 Å². The second kappa shape index (κ2) is 7.06. The van der Waals surface area contributed by atoms with E-state index in [0.717, 1.165) is 48.7 Å². The van der Waals surface area contributed by atoms with Gasteiger partial charge in [0.25, 0.3) is 5.91 Å². The second-order valence-electron chi connectivity index (χ2n) is 7.90. The Bertz CT molecular complexity index is 1060. The number of para-hydroxylation sites is 1. The van der Waals surface area contributed by atoms with E-state index in [9.17, 15) is 4.79 Å². The first-order valence-electron chi connectivity index (χ1n) is 10.4. The van der Waals surface area contributed by atoms with E-state index in [1.165, 1.54) is 18.5 Å². The van der Waals surface area contributed by atoms with Crippen LogP contribution in [0.2, 0.25) is 0 Å². The molecule has 0 saturated carbocycles. The van der Waals surface area contributed by atoms with Crippen LogP contribution in [0.3, 0.4) is 0 Å². The summed E-state index contributed by atoms with van der Waals surface area (Å²) in [7, 11) is 1.83. The molecule has 7 heteroatoms. The number of carbonyl (C=O) groups is 1. The summed E-state index contributed by atoms with van der Waals surface area (Å²) < 4.78 is 3.67. The minimum absolute atomic E-state index is 0.0636. The lowest BCUT2D eigenvalue weighted by Crippen LogP contribution is -2.38. The van der Waals surface area contributed by atoms with Gasteiger partial charge in [0.05, 0.1) is 5.69 Å². The Morgan fingerprint density at radius 3 is 2.52 bits per heavy atom. The van der Waals surface area contributed by atoms with Crippen molar-refractivity contribution in [3.05, 3.63) is 47.9 Å². The molecule has 0 radical (unpaired) electrons. The normalized spacial score (nSPS) is 16.3. The molecule has 0 N–H and O–H groups in total. The van der Waals surface area contributed by atoms with Gasteiger partial charge < -0.3 is 4.90 Å². The third kappa shape index (κ3) is 3.01. The molecule has 7 nitrogen and oxygen atoms in total. The molecule has 1 aromatic carbocycles. The highest BCUT2D eigenvalue weighted by Crippen LogP contribution is 2.42. The van der Waals surface area contributed by atoms with Gasteiger partial charge in [-0.25, -0.2) is 4.68 Å². The lowest BCUT2D eigenvalue weighted by atomic mass is 10.0. The number of nitrogens with zero attached hydrogens (tertiary/aromatic N) is 6. The summed E-state index contributed by atoms with van der Waals surface area (Å²) in [5.74, 6) is 0.836. The van der Waals surface area contributed by atoms with Crippen molar-refractivity contribution in [2.24, 2.45) is 7.05 Å². The van der Waals surface area contributed by atoms with Crippen LogP contribution in [0.4, 0.5) is 11.5 Å². The summed E-state index contributed by atoms with van der Waals surface area (Å²) in [4.78, 5) is 17.6. The fourth-order valence-corrected chi connectivity index (χ4v) is 4.58. The molecule has 1 fully saturated rings. The highest BCUT2D eigenvalue weighted by molar-refractivity contribution is 6.07. The molecule has 0 unspecified atom stereocenters. The van der Waals surface area contributed by atoms with Crippen LogP contribution in [0.5, 0.6) is 0 Å². The van der Waals surface area contributed by atoms with Crippen molar-refractivity contribution in [3.8, 4) is 11.1 Å². The molecule has 2 aliphatic heterocycles. The van der Waals surface area contributed by atoms with Gasteiger partial charge in [-0.3, -0.25) is 14.4 Å². The number of rotatable bonds is 3. The zero-order valence-corrected chi connectivity index (χ0v) is 17.0. The van der Waals surface area contributed by atoms with E-state index in [-0.39, 0.29) is 5.91 Å². The van der Waals surface area contributed by atoms with E-state index < -0.39 is 0 Å². The van der Waals surface area contributed by atoms with Crippen molar-refractivity contribution in [1.82, 2.24) is 19.6 Å². The highest BCUT2D eigenvalue weighted by Gasteiger charge is 2.32. The van der Waals surface area contributed by atoms with Gasteiger partial charge in [-0.1, -0.05) is 18.2 Å². The minimum Gasteiger partial charge on any atom is -0.371 e. The number of fused-ring (bicyclic) bond motifs is 1. The Morgan fingerprint density at radius 2 is 1.76 bits per heavy atom. The molecule has 150 valence electrons. The zero-order valence-electron chi connectivity index (χ0n) is 17.0. The molecule has 1 amide bonds. The van der Waals surface area contributed by atoms with Gasteiger partial charge in [-0.15, -0.1) is 0 Å². The first kappa shape index (κ1) is 18.0. The van der Waals surface area contributed by atoms with Gasteiger partial charge in [-0.05, 0) is 38.3 Å². The van der Waals surface area contributed by atoms with Crippen LogP contribution < -0.4 is 9.80 Å². The molecule has 29 heavy (non-hydrogen) atoms. The Morgan fingerprint density at radius 1 is 0.966 bits per heavy atom. The van der Waals surface area contributed by atoms with Crippen molar-refractivity contribution in [1.29, 1.82) is 0 Å². The van der Waals surface area contributed by atoms with E-state index in [1.807, 2.05) is 29.7 Å². The maximum absolute atomic E-state index is 13.3. The molecule has 0 atom stereocenters. The first-order valence-corrected chi connectivity index (χ1v) is 10.4. The molecule has 2 aromatic heterocycles. The minimum atomic E-state index is -0.0636. The molecule has 1 saturated heterocycles. The maximum Gasteiger partial charge on any atom is 0.279 e. The number of amides is 1. The zero-order chi connectivity index (χ0) is 20.0. The van der Waals surface area contributed by atoms with Crippen LogP contribution in [0, 0.1) is 6.92 Å². The first-order chi connectivity index (χ1) is 14.1. The number of aryl methyl sites for hydroxylation is 3. The predicted octanol–water partition coefficient (Wildman–Crippen LogP) is 3.24. The summed E-state index contributed by atoms with van der Waals surface area (Å²) >= 11 is 0. The summed E-state index contributed by atoms with van der Waals surface area (Å²) in [5.41, 5.74) is 4.90. The number of benzene rings is 1. The highest BCUT2D eigenvalue weighted by atomic mass is 16.2. The Hall–Kier alpha value is -3.09. The van der Waals surface area contributed by atoms with Gasteiger partial charge in [0, 0.05) is 56.2 Å². The van der Waals surface area contributed by atoms with Crippen LogP contribution in [-0.2, 0) is 13.6 Å². The van der Waals surface area contributed by atoms with Crippen molar-refractivity contribution in [2.75, 3.05) is 29.4 Å². The lowest BCUT2D eigenvalue weighted by Gasteiger charge is -2.29. The standard InChI is InChI=1S/C22H26N6O/c1-16-20(17-8-3-4-9-19(17)26-11-5-6-12-26)21-27(13-7-14-28(21)23-16)22(29)18-10-15-25(2)24-18/h3-4,8-10,15H,5-7,11-14H2,1-2H3. The predicted molar refractivity (Wildman–Crippen MR) is 113 cm³/mol. The summed E-state index contributed by atoms with van der Waals surface area (Å²) in [6, 6.07) is 10.3. The van der Waals surface area contributed by atoms with Gasteiger partial charge in [0.2, 0.25) is 0 Å². The SMILES string of the molecule is Cc1nn2c(c1-c1ccccc1N1CCCC1)N(C(=O)c1ccn(C)n1)CCC2. The Labute approximate surface area is 170 Å². The molecular weight excluding hydrogens is 364 g/mol. The fraction of sp³-hybridized carbons (Fsp3) is 0.409. The molecule has 5 rings (SSSR count). The summed E-state index contributed by atoms with van der Waals surface area (Å²) in [6.45, 7) is 5.71. The van der Waals surface area contributed by atoms with Crippen molar-refractivity contribution >= 4 is 17.4 Å². The van der Waals surface area contributed by atoms with Gasteiger partial charge in [-0.2, -0.15) is 10.2 Å². The number of aromatic nitrogens is 4. The molecule has 0 bridgehead atoms. The number of hydrogen-bond acceptors (Lipinski definition) is 4. The third-order valence-corrected chi connectivity index (χ3v) is 5.91. The second-order valence-corrected chi connectivity index (χ2v) is 7.90. The lowest BCUT2D eigenvalue weighted by molar-refractivity contribution is 0.0976. The van der Waals surface area contributed by atoms with E-state index in [4.69, 9.17) is 5.10 Å². The van der Waals surface area contributed by atoms with Crippen molar-refractivity contribution < 1.29 is 4.79 Å². The van der Waals surface area contributed by atoms with Crippen molar-refractivity contribution in [3.63, 3.8) is 0 Å². The van der Waals surface area contributed by atoms with Gasteiger partial charge in [0.1, 0.15) is 5.82 Å². The smallest absolute Gasteiger partial charge is 0.279 e. The van der Waals surface area contributed by atoms with Crippen LogP contribution in [0.15, 0.2) is 36.5 Å². The molecule has 2 aliphatic rings. The molecule has 0 aliphatic carbocycles. The van der Waals surface area contributed by atoms with E-state index in [2.05, 4.69) is 34.3 Å². The average molecular weight is 390 g/mol. The monoisotopic (exact) mass is 390 g/mol. The summed E-state index contributed by atoms with van der Waals surface area (Å²) in [5, 5.41) is 9.14. The Kier molecular flexibility index (Phi) is 4.38. The van der Waals surface area contributed by atoms with Gasteiger partial charge in [0.15, 0.2) is 5.69 Å². The van der Waals surface area contributed by atoms with E-state index in [0.29, 0.717) is 12.2 Å². The number of hydrogen-bond donors (Lipinski definition) is 0. The molecular formula is C22H26N6O. The number of anilines is 2. The van der Waals surface area contributed by atoms with Gasteiger partial charge >= 0.3 is 0 Å². The molecule has 0 spiro atoms. The van der Waals surface area contributed by atoms with Crippen molar-refractivity contribution in [2.45, 2.75) is 32.7 Å². The van der Waals surface area contributed by atoms with Crippen LogP contribution in [0.1, 0.15) is 35.4 Å². The largest absolute Gasteiger partial charge is 0.371 e. The quantitative estimate of drug-likeness (QED) is 0.689. The molecule has 3 aromatic rings. The van der Waals surface area contributed by atoms with Crippen LogP contribution in [-0.4, -0.2) is 45.1 Å². The van der Waals surface area contributed by atoms with E-state index >= 15 is 0 Å². The third-order valence-electron chi connectivity index (χ3n) is 5.91. The summed E-state index contributed by atoms with van der Waals surface area (Å²) in [6.07, 6.45) is 5.15.